The number of hydrogen-bond donors (Lipinski definition) is 2. The van der Waals surface area contributed by atoms with Crippen LogP contribution in [0.1, 0.15) is 16.7 Å². The third kappa shape index (κ3) is 3.07. The summed E-state index contributed by atoms with van der Waals surface area (Å²) in [5.41, 5.74) is 2.23. The monoisotopic (exact) mass is 297 g/mol. The van der Waals surface area contributed by atoms with Crippen molar-refractivity contribution in [1.82, 2.24) is 5.32 Å². The first-order valence-electron chi connectivity index (χ1n) is 7.85. The molecule has 3 heteroatoms. The molecule has 1 heterocycles. The Bertz CT molecular complexity index is 608. The van der Waals surface area contributed by atoms with Gasteiger partial charge in [0.2, 0.25) is 0 Å². The van der Waals surface area contributed by atoms with Crippen LogP contribution in [0.25, 0.3) is 0 Å². The van der Waals surface area contributed by atoms with Gasteiger partial charge < -0.3 is 15.2 Å². The maximum absolute atomic E-state index is 11.5. The van der Waals surface area contributed by atoms with Gasteiger partial charge in [-0.2, -0.15) is 0 Å². The summed E-state index contributed by atoms with van der Waals surface area (Å²) in [6.07, 6.45) is 0.305. The van der Waals surface area contributed by atoms with Gasteiger partial charge in [-0.1, -0.05) is 54.6 Å². The highest BCUT2D eigenvalue weighted by Crippen LogP contribution is 2.32. The van der Waals surface area contributed by atoms with Crippen LogP contribution in [0.4, 0.5) is 0 Å². The van der Waals surface area contributed by atoms with E-state index in [0.29, 0.717) is 19.6 Å². The molecule has 0 saturated carbocycles. The molecule has 0 aliphatic carbocycles. The lowest BCUT2D eigenvalue weighted by molar-refractivity contribution is -0.124. The highest BCUT2D eigenvalue weighted by atomic mass is 16.5. The fraction of sp³-hybridized carbons (Fsp3) is 0.368. The SMILES string of the molecule is Cc1ccccc1C[C@@](O)(c1ccccc1)C1CNCCO1. The second-order valence-corrected chi connectivity index (χ2v) is 5.96. The van der Waals surface area contributed by atoms with Crippen LogP contribution < -0.4 is 5.32 Å². The van der Waals surface area contributed by atoms with E-state index in [2.05, 4.69) is 24.4 Å². The topological polar surface area (TPSA) is 41.5 Å². The van der Waals surface area contributed by atoms with Crippen LogP contribution in [0, 0.1) is 6.92 Å². The van der Waals surface area contributed by atoms with E-state index in [1.54, 1.807) is 0 Å². The van der Waals surface area contributed by atoms with E-state index < -0.39 is 5.60 Å². The van der Waals surface area contributed by atoms with E-state index in [1.165, 1.54) is 5.56 Å². The van der Waals surface area contributed by atoms with E-state index in [-0.39, 0.29) is 6.10 Å². The molecule has 1 fully saturated rings. The van der Waals surface area contributed by atoms with Crippen LogP contribution in [0.5, 0.6) is 0 Å². The van der Waals surface area contributed by atoms with E-state index in [0.717, 1.165) is 17.7 Å². The molecule has 1 aliphatic heterocycles. The molecule has 0 radical (unpaired) electrons. The number of hydrogen-bond acceptors (Lipinski definition) is 3. The molecule has 22 heavy (non-hydrogen) atoms. The van der Waals surface area contributed by atoms with E-state index in [1.807, 2.05) is 42.5 Å². The van der Waals surface area contributed by atoms with Crippen LogP contribution in [0.2, 0.25) is 0 Å². The maximum atomic E-state index is 11.5. The first-order chi connectivity index (χ1) is 10.7. The van der Waals surface area contributed by atoms with Crippen molar-refractivity contribution in [2.75, 3.05) is 19.7 Å². The Hall–Kier alpha value is -1.68. The van der Waals surface area contributed by atoms with Crippen molar-refractivity contribution in [2.45, 2.75) is 25.0 Å². The average molecular weight is 297 g/mol. The summed E-state index contributed by atoms with van der Waals surface area (Å²) in [6, 6.07) is 18.1. The predicted octanol–water partition coefficient (Wildman–Crippen LogP) is 2.41. The van der Waals surface area contributed by atoms with Gasteiger partial charge >= 0.3 is 0 Å². The molecule has 116 valence electrons. The Balaban J connectivity index is 1.97. The van der Waals surface area contributed by atoms with Gasteiger partial charge in [-0.3, -0.25) is 0 Å². The highest BCUT2D eigenvalue weighted by molar-refractivity contribution is 5.32. The molecular weight excluding hydrogens is 274 g/mol. The second kappa shape index (κ2) is 6.61. The number of ether oxygens (including phenoxy) is 1. The molecule has 2 aromatic rings. The van der Waals surface area contributed by atoms with Crippen molar-refractivity contribution in [1.29, 1.82) is 0 Å². The smallest absolute Gasteiger partial charge is 0.121 e. The zero-order chi connectivity index (χ0) is 15.4. The molecule has 1 unspecified atom stereocenters. The van der Waals surface area contributed by atoms with Crippen molar-refractivity contribution in [3.05, 3.63) is 71.3 Å². The lowest BCUT2D eigenvalue weighted by atomic mass is 9.81. The zero-order valence-corrected chi connectivity index (χ0v) is 13.0. The summed E-state index contributed by atoms with van der Waals surface area (Å²) in [6.45, 7) is 4.22. The summed E-state index contributed by atoms with van der Waals surface area (Å²) < 4.78 is 5.90. The first-order valence-corrected chi connectivity index (χ1v) is 7.85. The zero-order valence-electron chi connectivity index (χ0n) is 13.0. The molecule has 2 N–H and O–H groups in total. The van der Waals surface area contributed by atoms with E-state index in [4.69, 9.17) is 4.74 Å². The molecule has 1 aliphatic rings. The minimum absolute atomic E-state index is 0.247. The number of rotatable bonds is 4. The predicted molar refractivity (Wildman–Crippen MR) is 87.8 cm³/mol. The van der Waals surface area contributed by atoms with Crippen molar-refractivity contribution in [3.63, 3.8) is 0 Å². The summed E-state index contributed by atoms with van der Waals surface area (Å²) in [4.78, 5) is 0. The van der Waals surface area contributed by atoms with Crippen LogP contribution in [0.3, 0.4) is 0 Å². The molecule has 0 aromatic heterocycles. The summed E-state index contributed by atoms with van der Waals surface area (Å²) in [7, 11) is 0. The molecule has 1 saturated heterocycles. The fourth-order valence-corrected chi connectivity index (χ4v) is 3.10. The van der Waals surface area contributed by atoms with Gasteiger partial charge in [0.1, 0.15) is 11.7 Å². The van der Waals surface area contributed by atoms with Crippen LogP contribution in [0.15, 0.2) is 54.6 Å². The van der Waals surface area contributed by atoms with Gasteiger partial charge in [0.25, 0.3) is 0 Å². The highest BCUT2D eigenvalue weighted by Gasteiger charge is 2.40. The van der Waals surface area contributed by atoms with Crippen molar-refractivity contribution in [2.24, 2.45) is 0 Å². The Kier molecular flexibility index (Phi) is 4.57. The molecule has 0 bridgehead atoms. The Labute approximate surface area is 131 Å². The van der Waals surface area contributed by atoms with E-state index >= 15 is 0 Å². The molecule has 2 aromatic carbocycles. The largest absolute Gasteiger partial charge is 0.382 e. The molecule has 3 nitrogen and oxygen atoms in total. The summed E-state index contributed by atoms with van der Waals surface area (Å²) in [5, 5.41) is 14.8. The Morgan fingerprint density at radius 3 is 2.55 bits per heavy atom. The van der Waals surface area contributed by atoms with Crippen molar-refractivity contribution < 1.29 is 9.84 Å². The van der Waals surface area contributed by atoms with Gasteiger partial charge in [-0.25, -0.2) is 0 Å². The number of aliphatic hydroxyl groups is 1. The third-order valence-electron chi connectivity index (χ3n) is 4.46. The lowest BCUT2D eigenvalue weighted by Gasteiger charge is -2.39. The van der Waals surface area contributed by atoms with Gasteiger partial charge in [0.05, 0.1) is 6.61 Å². The quantitative estimate of drug-likeness (QED) is 0.910. The van der Waals surface area contributed by atoms with E-state index in [9.17, 15) is 5.11 Å². The fourth-order valence-electron chi connectivity index (χ4n) is 3.10. The number of nitrogens with one attached hydrogen (secondary N) is 1. The number of benzene rings is 2. The summed E-state index contributed by atoms with van der Waals surface area (Å²) in [5.74, 6) is 0. The van der Waals surface area contributed by atoms with Gasteiger partial charge in [0.15, 0.2) is 0 Å². The molecular formula is C19H23NO2. The maximum Gasteiger partial charge on any atom is 0.121 e. The van der Waals surface area contributed by atoms with Gasteiger partial charge in [0, 0.05) is 19.5 Å². The normalized spacial score (nSPS) is 21.3. The molecule has 0 spiro atoms. The van der Waals surface area contributed by atoms with Crippen molar-refractivity contribution in [3.8, 4) is 0 Å². The minimum atomic E-state index is -1.03. The van der Waals surface area contributed by atoms with Crippen LogP contribution in [-0.2, 0) is 16.8 Å². The van der Waals surface area contributed by atoms with Gasteiger partial charge in [-0.15, -0.1) is 0 Å². The number of aryl methyl sites for hydroxylation is 1. The first kappa shape index (κ1) is 15.2. The van der Waals surface area contributed by atoms with Crippen LogP contribution >= 0.6 is 0 Å². The van der Waals surface area contributed by atoms with Crippen molar-refractivity contribution >= 4 is 0 Å². The average Bonchev–Trinajstić information content (AvgIpc) is 2.58. The Morgan fingerprint density at radius 2 is 1.86 bits per heavy atom. The molecule has 2 atom stereocenters. The Morgan fingerprint density at radius 1 is 1.14 bits per heavy atom. The van der Waals surface area contributed by atoms with Crippen LogP contribution in [-0.4, -0.2) is 30.9 Å². The standard InChI is InChI=1S/C19H23NO2/c1-15-7-5-6-8-16(15)13-19(21,17-9-3-2-4-10-17)18-14-20-11-12-22-18/h2-10,18,20-21H,11-14H2,1H3/t18?,19-/m1/s1. The second-order valence-electron chi connectivity index (χ2n) is 5.96. The third-order valence-corrected chi connectivity index (χ3v) is 4.46. The lowest BCUT2D eigenvalue weighted by Crippen LogP contribution is -2.52. The number of morpholine rings is 1. The molecule has 0 amide bonds. The summed E-state index contributed by atoms with van der Waals surface area (Å²) >= 11 is 0. The van der Waals surface area contributed by atoms with Gasteiger partial charge in [-0.05, 0) is 23.6 Å². The minimum Gasteiger partial charge on any atom is -0.382 e. The molecule has 3 rings (SSSR count).